The number of carbonyl (C=O) groups is 2. The van der Waals surface area contributed by atoms with Crippen LogP contribution in [-0.2, 0) is 19.2 Å². The summed E-state index contributed by atoms with van der Waals surface area (Å²) < 4.78 is 19.8. The fraction of sp³-hybridized carbons (Fsp3) is 0.269. The zero-order valence-corrected chi connectivity index (χ0v) is 21.3. The van der Waals surface area contributed by atoms with Crippen molar-refractivity contribution in [2.45, 2.75) is 4.90 Å². The molecule has 37 heavy (non-hydrogen) atoms. The van der Waals surface area contributed by atoms with Crippen molar-refractivity contribution in [3.63, 3.8) is 0 Å². The summed E-state index contributed by atoms with van der Waals surface area (Å²) in [7, 11) is -0.617. The minimum absolute atomic E-state index is 0.0499. The molecule has 0 spiro atoms. The van der Waals surface area contributed by atoms with Crippen LogP contribution < -0.4 is 5.32 Å². The lowest BCUT2D eigenvalue weighted by Gasteiger charge is -2.32. The van der Waals surface area contributed by atoms with E-state index in [1.165, 1.54) is 0 Å². The number of hydrogen-bond donors (Lipinski definition) is 1. The monoisotopic (exact) mass is 520 g/mol. The highest BCUT2D eigenvalue weighted by Gasteiger charge is 2.32. The van der Waals surface area contributed by atoms with Gasteiger partial charge in [0, 0.05) is 67.7 Å². The molecule has 3 aromatic rings. The molecule has 2 amide bonds. The highest BCUT2D eigenvalue weighted by molar-refractivity contribution is 8.06. The van der Waals surface area contributed by atoms with Crippen LogP contribution in [0, 0.1) is 0 Å². The van der Waals surface area contributed by atoms with Crippen molar-refractivity contribution in [2.75, 3.05) is 51.8 Å². The number of rotatable bonds is 9. The van der Waals surface area contributed by atoms with E-state index in [2.05, 4.69) is 15.3 Å². The summed E-state index contributed by atoms with van der Waals surface area (Å²) >= 11 is 0. The fourth-order valence-electron chi connectivity index (χ4n) is 4.14. The van der Waals surface area contributed by atoms with Crippen molar-refractivity contribution in [1.29, 1.82) is 0 Å². The molecule has 2 aliphatic rings. The van der Waals surface area contributed by atoms with Crippen LogP contribution in [0.3, 0.4) is 0 Å². The van der Waals surface area contributed by atoms with E-state index in [0.29, 0.717) is 50.8 Å². The molecule has 0 radical (unpaired) electrons. The zero-order valence-electron chi connectivity index (χ0n) is 20.4. The van der Waals surface area contributed by atoms with Gasteiger partial charge in [0.05, 0.1) is 27.5 Å². The lowest BCUT2D eigenvalue weighted by molar-refractivity contribution is -0.119. The van der Waals surface area contributed by atoms with Gasteiger partial charge in [0.25, 0.3) is 5.91 Å². The number of nitrogens with zero attached hydrogens (tertiary/aromatic N) is 5. The van der Waals surface area contributed by atoms with Gasteiger partial charge in [0.15, 0.2) is 0 Å². The molecule has 2 atom stereocenters. The summed E-state index contributed by atoms with van der Waals surface area (Å²) in [6.45, 7) is 3.29. The lowest BCUT2D eigenvalue weighted by Crippen LogP contribution is -2.48. The molecule has 3 heterocycles. The Morgan fingerprint density at radius 1 is 1.05 bits per heavy atom. The van der Waals surface area contributed by atoms with Gasteiger partial charge in [-0.3, -0.25) is 9.59 Å². The number of amides is 2. The fourth-order valence-corrected chi connectivity index (χ4v) is 6.03. The van der Waals surface area contributed by atoms with E-state index >= 15 is 0 Å². The van der Waals surface area contributed by atoms with Crippen molar-refractivity contribution in [1.82, 2.24) is 24.1 Å². The van der Waals surface area contributed by atoms with Crippen LogP contribution in [0.5, 0.6) is 0 Å². The maximum atomic E-state index is 13.0. The van der Waals surface area contributed by atoms with Crippen molar-refractivity contribution >= 4 is 39.2 Å². The van der Waals surface area contributed by atoms with Gasteiger partial charge < -0.3 is 19.9 Å². The van der Waals surface area contributed by atoms with E-state index in [1.54, 1.807) is 40.7 Å². The van der Waals surface area contributed by atoms with Gasteiger partial charge in [-0.2, -0.15) is 4.31 Å². The Balaban J connectivity index is 1.22. The van der Waals surface area contributed by atoms with E-state index in [4.69, 9.17) is 4.74 Å². The summed E-state index contributed by atoms with van der Waals surface area (Å²) in [5.41, 5.74) is 4.72. The third-order valence-electron chi connectivity index (χ3n) is 6.36. The Hall–Kier alpha value is -3.80. The van der Waals surface area contributed by atoms with Gasteiger partial charge in [0.1, 0.15) is 0 Å². The quantitative estimate of drug-likeness (QED) is 0.340. The Kier molecular flexibility index (Phi) is 7.17. The van der Waals surface area contributed by atoms with Gasteiger partial charge in [-0.05, 0) is 42.5 Å². The molecular weight excluding hydrogens is 492 g/mol. The number of ether oxygens (including phenoxy) is 1. The Morgan fingerprint density at radius 3 is 2.46 bits per heavy atom. The molecule has 0 saturated carbocycles. The number of methoxy groups -OCH3 is 1. The van der Waals surface area contributed by atoms with E-state index in [9.17, 15) is 13.8 Å². The third kappa shape index (κ3) is 5.48. The summed E-state index contributed by atoms with van der Waals surface area (Å²) in [5, 5.41) is 3.18. The topological polar surface area (TPSA) is 108 Å². The normalized spacial score (nSPS) is 20.7. The van der Waals surface area contributed by atoms with Gasteiger partial charge >= 0.3 is 0 Å². The first-order valence-electron chi connectivity index (χ1n) is 11.9. The first kappa shape index (κ1) is 24.9. The third-order valence-corrected chi connectivity index (χ3v) is 8.62. The van der Waals surface area contributed by atoms with E-state index < -0.39 is 9.71 Å². The van der Waals surface area contributed by atoms with Crippen LogP contribution in [0.15, 0.2) is 65.7 Å². The van der Waals surface area contributed by atoms with Crippen molar-refractivity contribution in [2.24, 2.45) is 0 Å². The average Bonchev–Trinajstić information content (AvgIpc) is 3.63. The second kappa shape index (κ2) is 10.7. The number of carbonyl (C=O) groups excluding carboxylic acids is 2. The molecule has 2 aliphatic heterocycles. The number of anilines is 2. The highest BCUT2D eigenvalue weighted by Crippen LogP contribution is 2.28. The van der Waals surface area contributed by atoms with Crippen LogP contribution in [0.25, 0.3) is 11.3 Å². The molecule has 1 fully saturated rings. The first-order chi connectivity index (χ1) is 18.0. The summed E-state index contributed by atoms with van der Waals surface area (Å²) in [4.78, 5) is 36.8. The van der Waals surface area contributed by atoms with Crippen molar-refractivity contribution in [3.8, 4) is 11.3 Å². The molecule has 0 bridgehead atoms. The molecular formula is C26H28N6O4S. The van der Waals surface area contributed by atoms with E-state index in [0.717, 1.165) is 28.3 Å². The second-order valence-electron chi connectivity index (χ2n) is 8.73. The SMILES string of the molecule is COCCN1C=S1(=O)c1ccc(-c2ccnc(Nc3ccc(C(=O)N4CCN(C=O)CC4)cc3)n2)cc1. The van der Waals surface area contributed by atoms with Gasteiger partial charge in [-0.15, -0.1) is 0 Å². The predicted molar refractivity (Wildman–Crippen MR) is 142 cm³/mol. The number of aromatic nitrogens is 2. The zero-order chi connectivity index (χ0) is 25.8. The van der Waals surface area contributed by atoms with Crippen LogP contribution >= 0.6 is 0 Å². The molecule has 1 N–H and O–H groups in total. The molecule has 11 heteroatoms. The molecule has 2 aromatic carbocycles. The van der Waals surface area contributed by atoms with Gasteiger partial charge in [-0.25, -0.2) is 14.2 Å². The largest absolute Gasteiger partial charge is 0.383 e. The molecule has 1 aromatic heterocycles. The second-order valence-corrected chi connectivity index (χ2v) is 11.0. The molecule has 0 aliphatic carbocycles. The maximum absolute atomic E-state index is 13.0. The molecule has 5 rings (SSSR count). The number of benzene rings is 2. The first-order valence-corrected chi connectivity index (χ1v) is 13.5. The van der Waals surface area contributed by atoms with Crippen molar-refractivity contribution < 1.29 is 18.5 Å². The summed E-state index contributed by atoms with van der Waals surface area (Å²) in [6.07, 6.45) is 2.50. The van der Waals surface area contributed by atoms with Crippen molar-refractivity contribution in [3.05, 3.63) is 66.4 Å². The minimum atomic E-state index is -2.24. The average molecular weight is 521 g/mol. The molecule has 10 nitrogen and oxygen atoms in total. The van der Waals surface area contributed by atoms with Gasteiger partial charge in [-0.1, -0.05) is 12.1 Å². The lowest BCUT2D eigenvalue weighted by atomic mass is 10.1. The number of hydrogen-bond acceptors (Lipinski definition) is 7. The Bertz CT molecular complexity index is 1400. The minimum Gasteiger partial charge on any atom is -0.383 e. The standard InChI is InChI=1S/C26H28N6O4S/c1-36-17-16-32-19-37(32,35)23-8-4-20(5-9-23)24-10-11-27-26(29-24)28-22-6-2-21(3-7-22)25(34)31-14-12-30(18-33)13-15-31/h2-11,18-19H,12-17H2,1H3,(H,27,28,29). The Labute approximate surface area is 216 Å². The number of nitrogens with one attached hydrogen (secondary N) is 1. The van der Waals surface area contributed by atoms with Crippen LogP contribution in [0.4, 0.5) is 11.6 Å². The van der Waals surface area contributed by atoms with Crippen LogP contribution in [0.1, 0.15) is 10.4 Å². The summed E-state index contributed by atoms with van der Waals surface area (Å²) in [6, 6.07) is 16.5. The molecule has 192 valence electrons. The predicted octanol–water partition coefficient (Wildman–Crippen LogP) is 2.08. The maximum Gasteiger partial charge on any atom is 0.253 e. The van der Waals surface area contributed by atoms with E-state index in [1.807, 2.05) is 46.8 Å². The van der Waals surface area contributed by atoms with Gasteiger partial charge in [0.2, 0.25) is 12.4 Å². The van der Waals surface area contributed by atoms with Crippen LogP contribution in [-0.4, -0.2) is 92.5 Å². The Morgan fingerprint density at radius 2 is 1.78 bits per heavy atom. The highest BCUT2D eigenvalue weighted by atomic mass is 32.2. The number of piperazine rings is 1. The van der Waals surface area contributed by atoms with Crippen LogP contribution in [0.2, 0.25) is 0 Å². The smallest absolute Gasteiger partial charge is 0.253 e. The molecule has 2 unspecified atom stereocenters. The summed E-state index contributed by atoms with van der Waals surface area (Å²) in [5.74, 6) is 0.379. The van der Waals surface area contributed by atoms with E-state index in [-0.39, 0.29) is 5.91 Å². The molecule has 1 saturated heterocycles.